The maximum absolute atomic E-state index is 5.89. The van der Waals surface area contributed by atoms with Crippen molar-refractivity contribution in [2.45, 2.75) is 40.0 Å². The quantitative estimate of drug-likeness (QED) is 0.869. The lowest BCUT2D eigenvalue weighted by molar-refractivity contribution is 0.258. The Labute approximate surface area is 105 Å². The Balaban J connectivity index is 2.91. The summed E-state index contributed by atoms with van der Waals surface area (Å²) in [5.74, 6) is 1.38. The molecule has 1 aromatic carbocycles. The van der Waals surface area contributed by atoms with Gasteiger partial charge in [0.1, 0.15) is 5.75 Å². The Kier molecular flexibility index (Phi) is 4.58. The number of benzene rings is 1. The second-order valence-corrected chi connectivity index (χ2v) is 5.90. The molecule has 1 aromatic rings. The highest BCUT2D eigenvalue weighted by Gasteiger charge is 2.19. The first kappa shape index (κ1) is 14.0. The molecule has 0 fully saturated rings. The SMILES string of the molecule is Cc1ccc(OCC(C)CN)c(C(C)(C)C)c1. The molecule has 0 amide bonds. The number of hydrogen-bond acceptors (Lipinski definition) is 2. The van der Waals surface area contributed by atoms with Crippen molar-refractivity contribution in [1.82, 2.24) is 0 Å². The molecule has 0 aliphatic rings. The van der Waals surface area contributed by atoms with Crippen LogP contribution in [0.15, 0.2) is 18.2 Å². The van der Waals surface area contributed by atoms with Crippen LogP contribution < -0.4 is 10.5 Å². The van der Waals surface area contributed by atoms with Gasteiger partial charge in [0.05, 0.1) is 6.61 Å². The van der Waals surface area contributed by atoms with Crippen molar-refractivity contribution in [3.63, 3.8) is 0 Å². The van der Waals surface area contributed by atoms with E-state index in [1.165, 1.54) is 11.1 Å². The fraction of sp³-hybridized carbons (Fsp3) is 0.600. The van der Waals surface area contributed by atoms with Crippen molar-refractivity contribution < 1.29 is 4.74 Å². The second-order valence-electron chi connectivity index (χ2n) is 5.90. The topological polar surface area (TPSA) is 35.2 Å². The first-order valence-electron chi connectivity index (χ1n) is 6.28. The van der Waals surface area contributed by atoms with Gasteiger partial charge in [0.15, 0.2) is 0 Å². The number of ether oxygens (including phenoxy) is 1. The number of hydrogen-bond donors (Lipinski definition) is 1. The Morgan fingerprint density at radius 2 is 1.94 bits per heavy atom. The summed E-state index contributed by atoms with van der Waals surface area (Å²) >= 11 is 0. The average Bonchev–Trinajstić information content (AvgIpc) is 2.25. The fourth-order valence-electron chi connectivity index (χ4n) is 1.66. The van der Waals surface area contributed by atoms with Gasteiger partial charge in [-0.05, 0) is 30.5 Å². The summed E-state index contributed by atoms with van der Waals surface area (Å²) in [5, 5.41) is 0. The smallest absolute Gasteiger partial charge is 0.123 e. The lowest BCUT2D eigenvalue weighted by Crippen LogP contribution is -2.20. The van der Waals surface area contributed by atoms with E-state index < -0.39 is 0 Å². The van der Waals surface area contributed by atoms with Gasteiger partial charge in [-0.3, -0.25) is 0 Å². The molecule has 96 valence electrons. The van der Waals surface area contributed by atoms with E-state index in [0.717, 1.165) is 5.75 Å². The summed E-state index contributed by atoms with van der Waals surface area (Å²) in [6.45, 7) is 12.2. The molecule has 1 atom stereocenters. The third-order valence-corrected chi connectivity index (χ3v) is 2.87. The van der Waals surface area contributed by atoms with Crippen molar-refractivity contribution >= 4 is 0 Å². The van der Waals surface area contributed by atoms with Crippen LogP contribution in [0.5, 0.6) is 5.75 Å². The molecule has 0 aromatic heterocycles. The van der Waals surface area contributed by atoms with Gasteiger partial charge < -0.3 is 10.5 Å². The van der Waals surface area contributed by atoms with E-state index in [4.69, 9.17) is 10.5 Å². The highest BCUT2D eigenvalue weighted by molar-refractivity contribution is 5.41. The van der Waals surface area contributed by atoms with E-state index in [2.05, 4.69) is 52.8 Å². The monoisotopic (exact) mass is 235 g/mol. The molecule has 0 bridgehead atoms. The van der Waals surface area contributed by atoms with Crippen molar-refractivity contribution in [1.29, 1.82) is 0 Å². The van der Waals surface area contributed by atoms with Gasteiger partial charge in [0.2, 0.25) is 0 Å². The van der Waals surface area contributed by atoms with Crippen molar-refractivity contribution in [2.75, 3.05) is 13.2 Å². The van der Waals surface area contributed by atoms with E-state index in [1.54, 1.807) is 0 Å². The Bertz CT molecular complexity index is 366. The van der Waals surface area contributed by atoms with Gasteiger partial charge >= 0.3 is 0 Å². The van der Waals surface area contributed by atoms with E-state index in [-0.39, 0.29) is 5.41 Å². The van der Waals surface area contributed by atoms with E-state index in [0.29, 0.717) is 19.1 Å². The molecule has 0 aliphatic heterocycles. The minimum absolute atomic E-state index is 0.104. The van der Waals surface area contributed by atoms with Crippen molar-refractivity contribution in [2.24, 2.45) is 11.7 Å². The van der Waals surface area contributed by atoms with Crippen LogP contribution in [0.25, 0.3) is 0 Å². The Morgan fingerprint density at radius 1 is 1.29 bits per heavy atom. The highest BCUT2D eigenvalue weighted by atomic mass is 16.5. The molecule has 0 saturated carbocycles. The molecule has 2 heteroatoms. The number of nitrogens with two attached hydrogens (primary N) is 1. The minimum Gasteiger partial charge on any atom is -0.493 e. The molecular weight excluding hydrogens is 210 g/mol. The maximum Gasteiger partial charge on any atom is 0.123 e. The van der Waals surface area contributed by atoms with Gasteiger partial charge in [-0.15, -0.1) is 0 Å². The average molecular weight is 235 g/mol. The van der Waals surface area contributed by atoms with Crippen LogP contribution in [0, 0.1) is 12.8 Å². The first-order valence-corrected chi connectivity index (χ1v) is 6.28. The molecule has 0 aliphatic carbocycles. The van der Waals surface area contributed by atoms with Crippen LogP contribution in [-0.4, -0.2) is 13.2 Å². The summed E-state index contributed by atoms with van der Waals surface area (Å²) in [4.78, 5) is 0. The van der Waals surface area contributed by atoms with Gasteiger partial charge in [-0.25, -0.2) is 0 Å². The van der Waals surface area contributed by atoms with Crippen LogP contribution in [0.1, 0.15) is 38.8 Å². The van der Waals surface area contributed by atoms with Crippen molar-refractivity contribution in [3.05, 3.63) is 29.3 Å². The standard InChI is InChI=1S/C15H25NO/c1-11-6-7-14(17-10-12(2)9-16)13(8-11)15(3,4)5/h6-8,12H,9-10,16H2,1-5H3. The number of rotatable bonds is 4. The number of aryl methyl sites for hydroxylation is 1. The Hall–Kier alpha value is -1.02. The zero-order chi connectivity index (χ0) is 13.1. The van der Waals surface area contributed by atoms with Gasteiger partial charge in [-0.2, -0.15) is 0 Å². The third kappa shape index (κ3) is 4.04. The normalized spacial score (nSPS) is 13.5. The third-order valence-electron chi connectivity index (χ3n) is 2.87. The molecule has 0 spiro atoms. The molecule has 0 radical (unpaired) electrons. The predicted octanol–water partition coefficient (Wildman–Crippen LogP) is 3.27. The zero-order valence-corrected chi connectivity index (χ0v) is 11.7. The summed E-state index contributed by atoms with van der Waals surface area (Å²) in [6.07, 6.45) is 0. The molecule has 0 heterocycles. The largest absolute Gasteiger partial charge is 0.493 e. The highest BCUT2D eigenvalue weighted by Crippen LogP contribution is 2.32. The molecule has 1 unspecified atom stereocenters. The lowest BCUT2D eigenvalue weighted by Gasteiger charge is -2.24. The van der Waals surface area contributed by atoms with Crippen LogP contribution in [0.4, 0.5) is 0 Å². The Morgan fingerprint density at radius 3 is 2.47 bits per heavy atom. The molecule has 1 rings (SSSR count). The molecular formula is C15H25NO. The maximum atomic E-state index is 5.89. The van der Waals surface area contributed by atoms with E-state index in [1.807, 2.05) is 0 Å². The predicted molar refractivity (Wildman–Crippen MR) is 73.6 cm³/mol. The molecule has 2 N–H and O–H groups in total. The zero-order valence-electron chi connectivity index (χ0n) is 11.7. The minimum atomic E-state index is 0.104. The fourth-order valence-corrected chi connectivity index (χ4v) is 1.66. The molecule has 17 heavy (non-hydrogen) atoms. The van der Waals surface area contributed by atoms with E-state index >= 15 is 0 Å². The van der Waals surface area contributed by atoms with Crippen LogP contribution >= 0.6 is 0 Å². The second kappa shape index (κ2) is 5.54. The lowest BCUT2D eigenvalue weighted by atomic mass is 9.85. The molecule has 0 saturated heterocycles. The van der Waals surface area contributed by atoms with Gasteiger partial charge in [0, 0.05) is 5.92 Å². The van der Waals surface area contributed by atoms with Gasteiger partial charge in [0.25, 0.3) is 0 Å². The summed E-state index contributed by atoms with van der Waals surface area (Å²) in [6, 6.07) is 6.37. The van der Waals surface area contributed by atoms with Crippen LogP contribution in [-0.2, 0) is 5.41 Å². The summed E-state index contributed by atoms with van der Waals surface area (Å²) in [7, 11) is 0. The van der Waals surface area contributed by atoms with E-state index in [9.17, 15) is 0 Å². The van der Waals surface area contributed by atoms with Crippen LogP contribution in [0.2, 0.25) is 0 Å². The van der Waals surface area contributed by atoms with Gasteiger partial charge in [-0.1, -0.05) is 45.4 Å². The summed E-state index contributed by atoms with van der Waals surface area (Å²) in [5.41, 5.74) is 8.25. The summed E-state index contributed by atoms with van der Waals surface area (Å²) < 4.78 is 5.89. The molecule has 2 nitrogen and oxygen atoms in total. The van der Waals surface area contributed by atoms with Crippen molar-refractivity contribution in [3.8, 4) is 5.75 Å². The first-order chi connectivity index (χ1) is 7.84. The van der Waals surface area contributed by atoms with Crippen LogP contribution in [0.3, 0.4) is 0 Å².